The molecule has 0 rings (SSSR count). The molecule has 1 unspecified atom stereocenters. The van der Waals surface area contributed by atoms with E-state index in [2.05, 4.69) is 5.32 Å². The van der Waals surface area contributed by atoms with E-state index >= 15 is 0 Å². The van der Waals surface area contributed by atoms with Crippen LogP contribution in [0.15, 0.2) is 0 Å². The molecular weight excluding hydrogens is 226 g/mol. The lowest BCUT2D eigenvalue weighted by Gasteiger charge is -2.22. The summed E-state index contributed by atoms with van der Waals surface area (Å²) in [4.78, 5) is 33.0. The number of hydrogen-bond acceptors (Lipinski definition) is 4. The molecule has 0 saturated heterocycles. The van der Waals surface area contributed by atoms with Crippen molar-refractivity contribution in [2.24, 2.45) is 0 Å². The number of carbonyl (C=O) groups is 3. The van der Waals surface area contributed by atoms with E-state index in [1.165, 1.54) is 6.92 Å². The number of carboxylic acid groups (broad SMARTS) is 1. The lowest BCUT2D eigenvalue weighted by molar-refractivity contribution is -0.137. The predicted molar refractivity (Wildman–Crippen MR) is 60.7 cm³/mol. The fraction of sp³-hybridized carbons (Fsp3) is 0.727. The molecule has 0 fully saturated rings. The van der Waals surface area contributed by atoms with Gasteiger partial charge in [-0.1, -0.05) is 0 Å². The van der Waals surface area contributed by atoms with Crippen LogP contribution in [0.1, 0.15) is 40.5 Å². The second-order valence-electron chi connectivity index (χ2n) is 4.74. The number of rotatable bonds is 5. The first-order chi connectivity index (χ1) is 7.61. The first kappa shape index (κ1) is 15.4. The molecule has 17 heavy (non-hydrogen) atoms. The molecule has 6 nitrogen and oxygen atoms in total. The third-order valence-electron chi connectivity index (χ3n) is 1.83. The van der Waals surface area contributed by atoms with Gasteiger partial charge >= 0.3 is 12.1 Å². The third-order valence-corrected chi connectivity index (χ3v) is 1.83. The predicted octanol–water partition coefficient (Wildman–Crippen LogP) is 1.33. The summed E-state index contributed by atoms with van der Waals surface area (Å²) in [6.45, 7) is 6.40. The van der Waals surface area contributed by atoms with Gasteiger partial charge in [0.05, 0.1) is 6.04 Å². The topological polar surface area (TPSA) is 92.7 Å². The molecule has 1 amide bonds. The second-order valence-corrected chi connectivity index (χ2v) is 4.74. The zero-order valence-electron chi connectivity index (χ0n) is 10.6. The Kier molecular flexibility index (Phi) is 5.64. The van der Waals surface area contributed by atoms with Crippen molar-refractivity contribution in [2.75, 3.05) is 0 Å². The molecular formula is C11H19NO5. The second kappa shape index (κ2) is 6.22. The number of ether oxygens (including phenoxy) is 1. The van der Waals surface area contributed by atoms with Gasteiger partial charge in [0.2, 0.25) is 0 Å². The normalized spacial score (nSPS) is 12.7. The summed E-state index contributed by atoms with van der Waals surface area (Å²) in [5.74, 6) is -1.31. The maximum atomic E-state index is 11.4. The lowest BCUT2D eigenvalue weighted by atomic mass is 10.1. The summed E-state index contributed by atoms with van der Waals surface area (Å²) in [7, 11) is 0. The average Bonchev–Trinajstić information content (AvgIpc) is 2.08. The van der Waals surface area contributed by atoms with E-state index in [1.54, 1.807) is 20.8 Å². The van der Waals surface area contributed by atoms with E-state index in [1.807, 2.05) is 0 Å². The molecule has 2 N–H and O–H groups in total. The fourth-order valence-corrected chi connectivity index (χ4v) is 1.09. The minimum absolute atomic E-state index is 0.0594. The van der Waals surface area contributed by atoms with Crippen LogP contribution in [0, 0.1) is 0 Å². The molecule has 0 aromatic rings. The minimum atomic E-state index is -1.01. The molecule has 1 atom stereocenters. The molecule has 0 bridgehead atoms. The molecule has 0 aromatic heterocycles. The first-order valence-electron chi connectivity index (χ1n) is 5.33. The number of aliphatic carboxylic acids is 1. The molecule has 6 heteroatoms. The van der Waals surface area contributed by atoms with Crippen LogP contribution in [0.25, 0.3) is 0 Å². The van der Waals surface area contributed by atoms with Crippen LogP contribution in [-0.2, 0) is 14.3 Å². The fourth-order valence-electron chi connectivity index (χ4n) is 1.09. The van der Waals surface area contributed by atoms with Gasteiger partial charge in [0.1, 0.15) is 5.60 Å². The number of carboxylic acids is 1. The number of nitrogens with one attached hydrogen (secondary N) is 1. The van der Waals surface area contributed by atoms with Gasteiger partial charge in [0.15, 0.2) is 5.78 Å². The molecule has 0 heterocycles. The van der Waals surface area contributed by atoms with Crippen molar-refractivity contribution in [1.29, 1.82) is 0 Å². The lowest BCUT2D eigenvalue weighted by Crippen LogP contribution is -2.42. The van der Waals surface area contributed by atoms with E-state index in [0.717, 1.165) is 0 Å². The highest BCUT2D eigenvalue weighted by atomic mass is 16.6. The highest BCUT2D eigenvalue weighted by Crippen LogP contribution is 2.08. The third kappa shape index (κ3) is 8.24. The summed E-state index contributed by atoms with van der Waals surface area (Å²) >= 11 is 0. The van der Waals surface area contributed by atoms with E-state index in [9.17, 15) is 14.4 Å². The Balaban J connectivity index is 4.30. The largest absolute Gasteiger partial charge is 0.481 e. The number of amides is 1. The van der Waals surface area contributed by atoms with Crippen molar-refractivity contribution in [3.63, 3.8) is 0 Å². The van der Waals surface area contributed by atoms with Crippen LogP contribution in [0.4, 0.5) is 4.79 Å². The summed E-state index contributed by atoms with van der Waals surface area (Å²) in [6.07, 6.45) is -0.840. The highest BCUT2D eigenvalue weighted by Gasteiger charge is 2.22. The molecule has 0 spiro atoms. The number of carbonyl (C=O) groups excluding carboxylic acids is 2. The molecule has 0 aliphatic rings. The Hall–Kier alpha value is -1.59. The highest BCUT2D eigenvalue weighted by molar-refractivity contribution is 5.85. The van der Waals surface area contributed by atoms with Crippen LogP contribution >= 0.6 is 0 Å². The van der Waals surface area contributed by atoms with Gasteiger partial charge in [-0.3, -0.25) is 9.59 Å². The Morgan fingerprint density at radius 2 is 1.82 bits per heavy atom. The first-order valence-corrected chi connectivity index (χ1v) is 5.33. The molecule has 0 aromatic carbocycles. The zero-order valence-corrected chi connectivity index (χ0v) is 10.6. The zero-order chi connectivity index (χ0) is 13.6. The molecule has 0 aliphatic heterocycles. The molecule has 98 valence electrons. The average molecular weight is 245 g/mol. The maximum Gasteiger partial charge on any atom is 0.408 e. The monoisotopic (exact) mass is 245 g/mol. The van der Waals surface area contributed by atoms with Crippen LogP contribution < -0.4 is 5.32 Å². The van der Waals surface area contributed by atoms with Gasteiger partial charge in [0.25, 0.3) is 0 Å². The Labute approximate surface area is 100 Å². The van der Waals surface area contributed by atoms with Gasteiger partial charge in [-0.2, -0.15) is 0 Å². The Morgan fingerprint density at radius 1 is 1.29 bits per heavy atom. The van der Waals surface area contributed by atoms with Gasteiger partial charge in [-0.25, -0.2) is 4.79 Å². The molecule has 0 aliphatic carbocycles. The number of hydrogen-bond donors (Lipinski definition) is 2. The standard InChI is InChI=1S/C11H19NO5/c1-7(13)8(5-6-9(14)15)12-10(16)17-11(2,3)4/h8H,5-6H2,1-4H3,(H,12,16)(H,14,15). The van der Waals surface area contributed by atoms with Crippen molar-refractivity contribution < 1.29 is 24.2 Å². The van der Waals surface area contributed by atoms with Crippen LogP contribution in [0.5, 0.6) is 0 Å². The van der Waals surface area contributed by atoms with E-state index < -0.39 is 23.7 Å². The van der Waals surface area contributed by atoms with Crippen molar-refractivity contribution in [3.8, 4) is 0 Å². The van der Waals surface area contributed by atoms with E-state index in [-0.39, 0.29) is 18.6 Å². The Morgan fingerprint density at radius 3 is 2.18 bits per heavy atom. The number of alkyl carbamates (subject to hydrolysis) is 1. The summed E-state index contributed by atoms with van der Waals surface area (Å²) < 4.78 is 4.98. The van der Waals surface area contributed by atoms with E-state index in [4.69, 9.17) is 9.84 Å². The minimum Gasteiger partial charge on any atom is -0.481 e. The summed E-state index contributed by atoms with van der Waals surface area (Å²) in [5.41, 5.74) is -0.655. The molecule has 0 saturated carbocycles. The van der Waals surface area contributed by atoms with Crippen LogP contribution in [0.2, 0.25) is 0 Å². The number of Topliss-reactive ketones (excluding diaryl/α,β-unsaturated/α-hetero) is 1. The van der Waals surface area contributed by atoms with Gasteiger partial charge in [-0.15, -0.1) is 0 Å². The molecule has 0 radical (unpaired) electrons. The van der Waals surface area contributed by atoms with Crippen molar-refractivity contribution >= 4 is 17.8 Å². The summed E-state index contributed by atoms with van der Waals surface area (Å²) in [5, 5.41) is 10.9. The van der Waals surface area contributed by atoms with Crippen molar-refractivity contribution in [3.05, 3.63) is 0 Å². The van der Waals surface area contributed by atoms with Crippen LogP contribution in [0.3, 0.4) is 0 Å². The van der Waals surface area contributed by atoms with Gasteiger partial charge < -0.3 is 15.2 Å². The van der Waals surface area contributed by atoms with Crippen molar-refractivity contribution in [2.45, 2.75) is 52.2 Å². The number of ketones is 1. The Bertz CT molecular complexity index is 305. The quantitative estimate of drug-likeness (QED) is 0.762. The summed E-state index contributed by atoms with van der Waals surface area (Å²) in [6, 6.07) is -0.819. The maximum absolute atomic E-state index is 11.4. The van der Waals surface area contributed by atoms with Gasteiger partial charge in [0, 0.05) is 6.42 Å². The van der Waals surface area contributed by atoms with Crippen molar-refractivity contribution in [1.82, 2.24) is 5.32 Å². The van der Waals surface area contributed by atoms with E-state index in [0.29, 0.717) is 0 Å². The van der Waals surface area contributed by atoms with Gasteiger partial charge in [-0.05, 0) is 34.1 Å². The smallest absolute Gasteiger partial charge is 0.408 e. The SMILES string of the molecule is CC(=O)C(CCC(=O)O)NC(=O)OC(C)(C)C. The van der Waals surface area contributed by atoms with Crippen LogP contribution in [-0.4, -0.2) is 34.6 Å².